The van der Waals surface area contributed by atoms with Crippen molar-refractivity contribution in [2.75, 3.05) is 6.61 Å². The fraction of sp³-hybridized carbons (Fsp3) is 0.231. The molecular weight excluding hydrogens is 262 g/mol. The number of hydrogen-bond donors (Lipinski definition) is 1. The van der Waals surface area contributed by atoms with Gasteiger partial charge in [0.15, 0.2) is 5.82 Å². The fourth-order valence-electron chi connectivity index (χ4n) is 1.29. The number of imidazole rings is 1. The zero-order valence-electron chi connectivity index (χ0n) is 11.2. The summed E-state index contributed by atoms with van der Waals surface area (Å²) in [6.45, 7) is 3.88. The van der Waals surface area contributed by atoms with Crippen molar-refractivity contribution in [2.24, 2.45) is 0 Å². The van der Waals surface area contributed by atoms with Crippen molar-refractivity contribution in [3.05, 3.63) is 58.0 Å². The summed E-state index contributed by atoms with van der Waals surface area (Å²) in [5, 5.41) is 9.95. The van der Waals surface area contributed by atoms with Crippen LogP contribution in [0.2, 0.25) is 0 Å². The van der Waals surface area contributed by atoms with Gasteiger partial charge in [-0.3, -0.25) is 0 Å². The number of esters is 1. The Morgan fingerprint density at radius 2 is 2.05 bits per heavy atom. The lowest BCUT2D eigenvalue weighted by Gasteiger charge is -1.99. The van der Waals surface area contributed by atoms with Gasteiger partial charge >= 0.3 is 11.8 Å². The van der Waals surface area contributed by atoms with E-state index in [2.05, 4.69) is 9.97 Å². The summed E-state index contributed by atoms with van der Waals surface area (Å²) in [4.78, 5) is 26.6. The average molecular weight is 277 g/mol. The molecule has 0 aliphatic heterocycles. The van der Waals surface area contributed by atoms with Crippen LogP contribution in [0.4, 0.5) is 5.82 Å². The molecule has 1 heterocycles. The Bertz CT molecular complexity index is 566. The molecule has 7 nitrogen and oxygen atoms in total. The molecule has 0 bridgehead atoms. The molecule has 106 valence electrons. The average Bonchev–Trinajstić information content (AvgIpc) is 2.88. The molecule has 0 radical (unpaired) electrons. The van der Waals surface area contributed by atoms with Gasteiger partial charge in [0.2, 0.25) is 0 Å². The van der Waals surface area contributed by atoms with Crippen LogP contribution >= 0.6 is 0 Å². The van der Waals surface area contributed by atoms with Crippen LogP contribution in [0.5, 0.6) is 0 Å². The predicted molar refractivity (Wildman–Crippen MR) is 72.4 cm³/mol. The highest BCUT2D eigenvalue weighted by Gasteiger charge is 2.04. The van der Waals surface area contributed by atoms with Crippen molar-refractivity contribution in [3.8, 4) is 0 Å². The van der Waals surface area contributed by atoms with E-state index in [1.54, 1.807) is 26.0 Å². The number of benzene rings is 1. The van der Waals surface area contributed by atoms with Crippen LogP contribution in [0.1, 0.15) is 23.1 Å². The van der Waals surface area contributed by atoms with E-state index in [-0.39, 0.29) is 11.8 Å². The van der Waals surface area contributed by atoms with Gasteiger partial charge in [-0.2, -0.15) is 0 Å². The summed E-state index contributed by atoms with van der Waals surface area (Å²) < 4.78 is 4.79. The van der Waals surface area contributed by atoms with E-state index in [1.807, 2.05) is 18.2 Å². The molecule has 7 heteroatoms. The third-order valence-corrected chi connectivity index (χ3v) is 2.17. The summed E-state index contributed by atoms with van der Waals surface area (Å²) in [6, 6.07) is 8.96. The molecule has 20 heavy (non-hydrogen) atoms. The van der Waals surface area contributed by atoms with Crippen molar-refractivity contribution in [1.82, 2.24) is 9.97 Å². The number of aryl methyl sites for hydroxylation is 1. The lowest BCUT2D eigenvalue weighted by atomic mass is 10.2. The lowest BCUT2D eigenvalue weighted by Crippen LogP contribution is -2.03. The van der Waals surface area contributed by atoms with E-state index in [0.29, 0.717) is 18.0 Å². The molecule has 0 fully saturated rings. The van der Waals surface area contributed by atoms with Crippen molar-refractivity contribution < 1.29 is 14.5 Å². The Kier molecular flexibility index (Phi) is 5.89. The van der Waals surface area contributed by atoms with Crippen LogP contribution in [-0.2, 0) is 4.74 Å². The van der Waals surface area contributed by atoms with Crippen LogP contribution in [-0.4, -0.2) is 27.5 Å². The maximum atomic E-state index is 11.0. The van der Waals surface area contributed by atoms with Gasteiger partial charge in [0.1, 0.15) is 6.20 Å². The number of H-pyrrole nitrogens is 1. The van der Waals surface area contributed by atoms with E-state index >= 15 is 0 Å². The molecular formula is C13H15N3O4. The smallest absolute Gasteiger partial charge is 0.340 e. The second-order valence-corrected chi connectivity index (χ2v) is 3.70. The van der Waals surface area contributed by atoms with Crippen molar-refractivity contribution in [2.45, 2.75) is 13.8 Å². The van der Waals surface area contributed by atoms with Gasteiger partial charge in [-0.15, -0.1) is 0 Å². The largest absolute Gasteiger partial charge is 0.462 e. The van der Waals surface area contributed by atoms with Crippen LogP contribution in [0, 0.1) is 17.0 Å². The van der Waals surface area contributed by atoms with Gasteiger partial charge in [0.25, 0.3) is 0 Å². The predicted octanol–water partition coefficient (Wildman–Crippen LogP) is 2.49. The zero-order valence-corrected chi connectivity index (χ0v) is 11.2. The zero-order chi connectivity index (χ0) is 15.0. The molecule has 0 spiro atoms. The van der Waals surface area contributed by atoms with E-state index in [0.717, 1.165) is 0 Å². The summed E-state index contributed by atoms with van der Waals surface area (Å²) in [5.41, 5.74) is 0.606. The monoisotopic (exact) mass is 277 g/mol. The van der Waals surface area contributed by atoms with Crippen molar-refractivity contribution >= 4 is 11.8 Å². The van der Waals surface area contributed by atoms with Gasteiger partial charge in [0.05, 0.1) is 12.2 Å². The highest BCUT2D eigenvalue weighted by molar-refractivity contribution is 5.89. The van der Waals surface area contributed by atoms with Gasteiger partial charge in [-0.25, -0.2) is 14.8 Å². The number of carbonyl (C=O) groups is 1. The number of nitro groups is 1. The van der Waals surface area contributed by atoms with E-state index in [9.17, 15) is 14.9 Å². The van der Waals surface area contributed by atoms with Crippen molar-refractivity contribution in [3.63, 3.8) is 0 Å². The number of nitrogens with zero attached hydrogens (tertiary/aromatic N) is 2. The molecule has 0 aliphatic rings. The second-order valence-electron chi connectivity index (χ2n) is 3.70. The molecule has 2 rings (SSSR count). The normalized spacial score (nSPS) is 9.30. The number of nitrogens with one attached hydrogen (secondary N) is 1. The number of rotatable bonds is 3. The quantitative estimate of drug-likeness (QED) is 0.528. The van der Waals surface area contributed by atoms with Crippen LogP contribution in [0.15, 0.2) is 36.5 Å². The lowest BCUT2D eigenvalue weighted by molar-refractivity contribution is -0.389. The standard InChI is InChI=1S/C9H10O2.C4H5N3O2/c1-2-11-9(10)8-6-4-3-5-7-8;1-3-5-2-4(6-3)7(8)9/h3-7H,2H2,1H3;2H,1H3,(H,5,6). The van der Waals surface area contributed by atoms with Crippen molar-refractivity contribution in [1.29, 1.82) is 0 Å². The van der Waals surface area contributed by atoms with Gasteiger partial charge in [-0.1, -0.05) is 18.2 Å². The van der Waals surface area contributed by atoms with Crippen LogP contribution in [0.3, 0.4) is 0 Å². The minimum absolute atomic E-state index is 0.0625. The van der Waals surface area contributed by atoms with Crippen LogP contribution < -0.4 is 0 Å². The minimum atomic E-state index is -0.514. The fourth-order valence-corrected chi connectivity index (χ4v) is 1.29. The van der Waals surface area contributed by atoms with E-state index in [1.165, 1.54) is 6.20 Å². The maximum Gasteiger partial charge on any atom is 0.340 e. The Hall–Kier alpha value is -2.70. The molecule has 0 saturated carbocycles. The summed E-state index contributed by atoms with van der Waals surface area (Å²) in [7, 11) is 0. The third kappa shape index (κ3) is 4.89. The molecule has 0 saturated heterocycles. The van der Waals surface area contributed by atoms with Gasteiger partial charge < -0.3 is 14.9 Å². The molecule has 0 atom stereocenters. The molecule has 1 aromatic heterocycles. The van der Waals surface area contributed by atoms with E-state index in [4.69, 9.17) is 4.74 Å². The number of aromatic amines is 1. The first-order chi connectivity index (χ1) is 9.54. The van der Waals surface area contributed by atoms with E-state index < -0.39 is 4.92 Å². The first-order valence-electron chi connectivity index (χ1n) is 5.92. The SMILES string of the molecule is CCOC(=O)c1ccccc1.Cc1ncc([N+](=O)[O-])[nH]1. The molecule has 0 aliphatic carbocycles. The number of hydrogen-bond acceptors (Lipinski definition) is 5. The number of carbonyl (C=O) groups excluding carboxylic acids is 1. The molecule has 1 aromatic carbocycles. The second kappa shape index (κ2) is 7.67. The third-order valence-electron chi connectivity index (χ3n) is 2.17. The molecule has 0 unspecified atom stereocenters. The maximum absolute atomic E-state index is 11.0. The summed E-state index contributed by atoms with van der Waals surface area (Å²) in [6.07, 6.45) is 1.19. The first-order valence-corrected chi connectivity index (χ1v) is 5.92. The van der Waals surface area contributed by atoms with Crippen LogP contribution in [0.25, 0.3) is 0 Å². The highest BCUT2D eigenvalue weighted by atomic mass is 16.6. The minimum Gasteiger partial charge on any atom is -0.462 e. The number of aromatic nitrogens is 2. The highest BCUT2D eigenvalue weighted by Crippen LogP contribution is 2.03. The molecule has 0 amide bonds. The van der Waals surface area contributed by atoms with Gasteiger partial charge in [0, 0.05) is 6.92 Å². The first kappa shape index (κ1) is 15.4. The Balaban J connectivity index is 0.000000204. The topological polar surface area (TPSA) is 98.1 Å². The number of ether oxygens (including phenoxy) is 1. The molecule has 2 aromatic rings. The molecule has 1 N–H and O–H groups in total. The Morgan fingerprint density at radius 3 is 2.45 bits per heavy atom. The summed E-state index contributed by atoms with van der Waals surface area (Å²) in [5.74, 6) is 0.238. The Morgan fingerprint density at radius 1 is 1.40 bits per heavy atom. The summed E-state index contributed by atoms with van der Waals surface area (Å²) >= 11 is 0. The van der Waals surface area contributed by atoms with Gasteiger partial charge in [-0.05, 0) is 24.0 Å². The Labute approximate surface area is 115 Å².